The third kappa shape index (κ3) is 2.78. The Hall–Kier alpha value is -2.68. The molecule has 9 heteroatoms. The van der Waals surface area contributed by atoms with Gasteiger partial charge in [-0.3, -0.25) is 14.0 Å². The molecule has 1 amide bonds. The van der Waals surface area contributed by atoms with E-state index in [0.29, 0.717) is 10.7 Å². The van der Waals surface area contributed by atoms with Gasteiger partial charge in [-0.05, 0) is 19.1 Å². The number of rotatable bonds is 2. The lowest BCUT2D eigenvalue weighted by molar-refractivity contribution is -0.136. The van der Waals surface area contributed by atoms with Crippen molar-refractivity contribution in [3.05, 3.63) is 63.0 Å². The van der Waals surface area contributed by atoms with Gasteiger partial charge in [0.05, 0.1) is 11.3 Å². The van der Waals surface area contributed by atoms with Gasteiger partial charge in [0.15, 0.2) is 4.96 Å². The van der Waals surface area contributed by atoms with Crippen molar-refractivity contribution in [1.82, 2.24) is 9.38 Å². The molecule has 3 rings (SSSR count). The summed E-state index contributed by atoms with van der Waals surface area (Å²) in [5.41, 5.74) is -1.76. The van der Waals surface area contributed by atoms with Gasteiger partial charge in [0.1, 0.15) is 5.56 Å². The fourth-order valence-electron chi connectivity index (χ4n) is 2.21. The van der Waals surface area contributed by atoms with Crippen LogP contribution in [0.5, 0.6) is 0 Å². The molecule has 0 aliphatic carbocycles. The fraction of sp³-hybridized carbons (Fsp3) is 0.133. The van der Waals surface area contributed by atoms with Gasteiger partial charge in [0, 0.05) is 17.3 Å². The van der Waals surface area contributed by atoms with Gasteiger partial charge >= 0.3 is 6.18 Å². The summed E-state index contributed by atoms with van der Waals surface area (Å²) >= 11 is 1.23. The van der Waals surface area contributed by atoms with Gasteiger partial charge < -0.3 is 5.32 Å². The van der Waals surface area contributed by atoms with Crippen LogP contribution in [-0.4, -0.2) is 15.3 Å². The molecule has 0 bridgehead atoms. The number of aryl methyl sites for hydroxylation is 1. The van der Waals surface area contributed by atoms with E-state index in [4.69, 9.17) is 0 Å². The topological polar surface area (TPSA) is 63.5 Å². The minimum Gasteiger partial charge on any atom is -0.321 e. The summed E-state index contributed by atoms with van der Waals surface area (Å²) < 4.78 is 40.2. The van der Waals surface area contributed by atoms with Crippen molar-refractivity contribution in [1.29, 1.82) is 0 Å². The molecule has 0 aliphatic rings. The molecule has 0 aliphatic heterocycles. The first-order valence-corrected chi connectivity index (χ1v) is 7.60. The number of nitrogens with zero attached hydrogens (tertiary/aromatic N) is 2. The predicted octanol–water partition coefficient (Wildman–Crippen LogP) is 3.34. The van der Waals surface area contributed by atoms with Crippen molar-refractivity contribution in [2.24, 2.45) is 0 Å². The second-order valence-corrected chi connectivity index (χ2v) is 5.81. The zero-order valence-electron chi connectivity index (χ0n) is 12.2. The molecule has 5 nitrogen and oxygen atoms in total. The molecular formula is C15H10F3N3O2S. The molecule has 0 radical (unpaired) electrons. The van der Waals surface area contributed by atoms with Gasteiger partial charge in [-0.2, -0.15) is 13.2 Å². The number of carbonyl (C=O) groups is 1. The Morgan fingerprint density at radius 3 is 2.71 bits per heavy atom. The Bertz CT molecular complexity index is 992. The van der Waals surface area contributed by atoms with E-state index in [1.165, 1.54) is 27.9 Å². The highest BCUT2D eigenvalue weighted by atomic mass is 32.1. The molecule has 2 aromatic heterocycles. The standard InChI is InChI=1S/C15H10F3N3O2S/c1-8-7-24-14-19-6-9(13(23)21(8)14)12(22)20-11-5-3-2-4-10(11)15(16,17)18/h2-7H,1H3,(H,20,22). The highest BCUT2D eigenvalue weighted by molar-refractivity contribution is 7.15. The first-order chi connectivity index (χ1) is 11.3. The van der Waals surface area contributed by atoms with E-state index in [9.17, 15) is 22.8 Å². The van der Waals surface area contributed by atoms with E-state index in [0.717, 1.165) is 18.3 Å². The molecule has 1 aromatic carbocycles. The summed E-state index contributed by atoms with van der Waals surface area (Å²) in [7, 11) is 0. The maximum Gasteiger partial charge on any atom is 0.418 e. The fourth-order valence-corrected chi connectivity index (χ4v) is 3.04. The maximum atomic E-state index is 13.0. The second-order valence-electron chi connectivity index (χ2n) is 4.97. The Morgan fingerprint density at radius 1 is 1.29 bits per heavy atom. The van der Waals surface area contributed by atoms with E-state index < -0.39 is 28.9 Å². The third-order valence-electron chi connectivity index (χ3n) is 3.34. The molecule has 2 heterocycles. The van der Waals surface area contributed by atoms with E-state index in [1.807, 2.05) is 0 Å². The number of fused-ring (bicyclic) bond motifs is 1. The van der Waals surface area contributed by atoms with Gasteiger partial charge in [0.2, 0.25) is 0 Å². The first kappa shape index (κ1) is 16.2. The van der Waals surface area contributed by atoms with Crippen LogP contribution >= 0.6 is 11.3 Å². The van der Waals surface area contributed by atoms with Crippen LogP contribution in [0.25, 0.3) is 4.96 Å². The number of carbonyl (C=O) groups excluding carboxylic acids is 1. The summed E-state index contributed by atoms with van der Waals surface area (Å²) in [5, 5.41) is 3.84. The highest BCUT2D eigenvalue weighted by Crippen LogP contribution is 2.34. The van der Waals surface area contributed by atoms with E-state index in [2.05, 4.69) is 10.3 Å². The van der Waals surface area contributed by atoms with Gasteiger partial charge in [-0.25, -0.2) is 4.98 Å². The van der Waals surface area contributed by atoms with Crippen molar-refractivity contribution >= 4 is 27.9 Å². The Labute approximate surface area is 137 Å². The SMILES string of the molecule is Cc1csc2ncc(C(=O)Nc3ccccc3C(F)(F)F)c(=O)n12. The third-order valence-corrected chi connectivity index (χ3v) is 4.30. The molecule has 0 atom stereocenters. The van der Waals surface area contributed by atoms with Crippen molar-refractivity contribution in [3.63, 3.8) is 0 Å². The number of aromatic nitrogens is 2. The smallest absolute Gasteiger partial charge is 0.321 e. The van der Waals surface area contributed by atoms with Crippen LogP contribution in [0.1, 0.15) is 21.6 Å². The predicted molar refractivity (Wildman–Crippen MR) is 83.5 cm³/mol. The number of alkyl halides is 3. The number of thiazole rings is 1. The number of halogens is 3. The van der Waals surface area contributed by atoms with Gasteiger partial charge in [0.25, 0.3) is 11.5 Å². The number of amides is 1. The monoisotopic (exact) mass is 353 g/mol. The normalized spacial score (nSPS) is 11.7. The zero-order valence-corrected chi connectivity index (χ0v) is 13.0. The van der Waals surface area contributed by atoms with Crippen LogP contribution < -0.4 is 10.9 Å². The highest BCUT2D eigenvalue weighted by Gasteiger charge is 2.33. The van der Waals surface area contributed by atoms with Gasteiger partial charge in [-0.1, -0.05) is 12.1 Å². The summed E-state index contributed by atoms with van der Waals surface area (Å²) in [6.45, 7) is 1.67. The number of anilines is 1. The minimum absolute atomic E-state index is 0.328. The lowest BCUT2D eigenvalue weighted by Gasteiger charge is -2.13. The van der Waals surface area contributed by atoms with Crippen LogP contribution in [0.2, 0.25) is 0 Å². The number of hydrogen-bond donors (Lipinski definition) is 1. The Morgan fingerprint density at radius 2 is 2.00 bits per heavy atom. The average molecular weight is 353 g/mol. The zero-order chi connectivity index (χ0) is 17.5. The molecule has 0 saturated heterocycles. The van der Waals surface area contributed by atoms with Crippen LogP contribution in [0, 0.1) is 6.92 Å². The summed E-state index contributed by atoms with van der Waals surface area (Å²) in [4.78, 5) is 29.0. The van der Waals surface area contributed by atoms with Crippen molar-refractivity contribution in [2.45, 2.75) is 13.1 Å². The lowest BCUT2D eigenvalue weighted by Crippen LogP contribution is -2.27. The van der Waals surface area contributed by atoms with E-state index in [1.54, 1.807) is 12.3 Å². The van der Waals surface area contributed by atoms with Gasteiger partial charge in [-0.15, -0.1) is 11.3 Å². The Balaban J connectivity index is 2.02. The molecule has 0 saturated carbocycles. The van der Waals surface area contributed by atoms with Crippen LogP contribution in [0.4, 0.5) is 18.9 Å². The molecule has 0 fully saturated rings. The number of hydrogen-bond acceptors (Lipinski definition) is 4. The number of para-hydroxylation sites is 1. The summed E-state index contributed by atoms with van der Waals surface area (Å²) in [5.74, 6) is -0.941. The summed E-state index contributed by atoms with van der Waals surface area (Å²) in [6, 6.07) is 4.56. The molecule has 24 heavy (non-hydrogen) atoms. The molecular weight excluding hydrogens is 343 g/mol. The number of nitrogens with one attached hydrogen (secondary N) is 1. The van der Waals surface area contributed by atoms with Crippen LogP contribution in [0.3, 0.4) is 0 Å². The van der Waals surface area contributed by atoms with E-state index >= 15 is 0 Å². The molecule has 0 spiro atoms. The van der Waals surface area contributed by atoms with Crippen LogP contribution in [-0.2, 0) is 6.18 Å². The van der Waals surface area contributed by atoms with Crippen molar-refractivity contribution in [2.75, 3.05) is 5.32 Å². The van der Waals surface area contributed by atoms with Crippen molar-refractivity contribution < 1.29 is 18.0 Å². The van der Waals surface area contributed by atoms with E-state index in [-0.39, 0.29) is 5.56 Å². The molecule has 1 N–H and O–H groups in total. The number of benzene rings is 1. The largest absolute Gasteiger partial charge is 0.418 e. The van der Waals surface area contributed by atoms with Crippen LogP contribution in [0.15, 0.2) is 40.6 Å². The Kier molecular flexibility index (Phi) is 3.88. The van der Waals surface area contributed by atoms with Crippen molar-refractivity contribution in [3.8, 4) is 0 Å². The molecule has 124 valence electrons. The average Bonchev–Trinajstić information content (AvgIpc) is 2.89. The maximum absolute atomic E-state index is 13.0. The minimum atomic E-state index is -4.62. The molecule has 0 unspecified atom stereocenters. The second kappa shape index (κ2) is 5.75. The summed E-state index contributed by atoms with van der Waals surface area (Å²) in [6.07, 6.45) is -3.55. The quantitative estimate of drug-likeness (QED) is 0.769. The first-order valence-electron chi connectivity index (χ1n) is 6.72. The lowest BCUT2D eigenvalue weighted by atomic mass is 10.1. The molecule has 3 aromatic rings.